The summed E-state index contributed by atoms with van der Waals surface area (Å²) < 4.78 is 21.4. The van der Waals surface area contributed by atoms with Crippen molar-refractivity contribution in [2.75, 3.05) is 13.2 Å². The van der Waals surface area contributed by atoms with Gasteiger partial charge in [0.2, 0.25) is 5.91 Å². The van der Waals surface area contributed by atoms with Crippen LogP contribution in [0.2, 0.25) is 0 Å². The van der Waals surface area contributed by atoms with Gasteiger partial charge in [-0.1, -0.05) is 88.7 Å². The van der Waals surface area contributed by atoms with E-state index in [4.69, 9.17) is 4.74 Å². The van der Waals surface area contributed by atoms with Gasteiger partial charge in [-0.25, -0.2) is 4.39 Å². The Balaban J connectivity index is 1.90. The van der Waals surface area contributed by atoms with Crippen molar-refractivity contribution >= 4 is 27.7 Å². The molecule has 0 bridgehead atoms. The minimum Gasteiger partial charge on any atom is -0.483 e. The first kappa shape index (κ1) is 30.4. The van der Waals surface area contributed by atoms with Crippen LogP contribution in [-0.4, -0.2) is 35.9 Å². The van der Waals surface area contributed by atoms with Crippen LogP contribution in [0.5, 0.6) is 5.75 Å². The fraction of sp³-hybridized carbons (Fsp3) is 0.375. The molecule has 1 atom stereocenters. The van der Waals surface area contributed by atoms with Crippen molar-refractivity contribution in [3.63, 3.8) is 0 Å². The zero-order valence-electron chi connectivity index (χ0n) is 23.2. The third-order valence-corrected chi connectivity index (χ3v) is 7.17. The molecule has 0 spiro atoms. The van der Waals surface area contributed by atoms with E-state index in [9.17, 15) is 14.0 Å². The van der Waals surface area contributed by atoms with Crippen LogP contribution in [0.15, 0.2) is 77.3 Å². The molecule has 1 N–H and O–H groups in total. The van der Waals surface area contributed by atoms with Crippen molar-refractivity contribution in [2.45, 2.75) is 65.0 Å². The zero-order chi connectivity index (χ0) is 28.4. The standard InChI is InChI=1S/C32H38BrFN2O3/c1-5-6-18-35-31(38)28(19-23-12-8-7-9-13-23)36(21-24-14-10-11-15-27(24)34)30(37)22-39-29-17-16-25(20-26(29)33)32(2,3)4/h7-17,20,28H,5-6,18-19,21-22H2,1-4H3,(H,35,38). The van der Waals surface area contributed by atoms with E-state index in [-0.39, 0.29) is 24.5 Å². The Bertz CT molecular complexity index is 1240. The first-order valence-electron chi connectivity index (χ1n) is 13.4. The van der Waals surface area contributed by atoms with Gasteiger partial charge in [0.05, 0.1) is 4.47 Å². The van der Waals surface area contributed by atoms with Crippen molar-refractivity contribution in [3.05, 3.63) is 99.8 Å². The average molecular weight is 598 g/mol. The Hall–Kier alpha value is -3.19. The largest absolute Gasteiger partial charge is 0.483 e. The second-order valence-corrected chi connectivity index (χ2v) is 11.5. The molecule has 3 aromatic carbocycles. The lowest BCUT2D eigenvalue weighted by molar-refractivity contribution is -0.142. The van der Waals surface area contributed by atoms with E-state index in [2.05, 4.69) is 42.0 Å². The Morgan fingerprint density at radius 2 is 1.72 bits per heavy atom. The number of carbonyl (C=O) groups is 2. The van der Waals surface area contributed by atoms with Crippen LogP contribution in [0.3, 0.4) is 0 Å². The highest BCUT2D eigenvalue weighted by atomic mass is 79.9. The number of carbonyl (C=O) groups excluding carboxylic acids is 2. The van der Waals surface area contributed by atoms with E-state index in [0.717, 1.165) is 28.4 Å². The van der Waals surface area contributed by atoms with E-state index < -0.39 is 17.8 Å². The molecule has 0 saturated carbocycles. The summed E-state index contributed by atoms with van der Waals surface area (Å²) in [6, 6.07) is 20.8. The van der Waals surface area contributed by atoms with Crippen molar-refractivity contribution in [2.24, 2.45) is 0 Å². The summed E-state index contributed by atoms with van der Waals surface area (Å²) >= 11 is 3.56. The summed E-state index contributed by atoms with van der Waals surface area (Å²) in [4.78, 5) is 28.6. The molecule has 0 aromatic heterocycles. The van der Waals surface area contributed by atoms with E-state index in [1.807, 2.05) is 55.5 Å². The van der Waals surface area contributed by atoms with Crippen molar-refractivity contribution in [1.82, 2.24) is 10.2 Å². The second-order valence-electron chi connectivity index (χ2n) is 10.6. The van der Waals surface area contributed by atoms with Gasteiger partial charge in [-0.15, -0.1) is 0 Å². The summed E-state index contributed by atoms with van der Waals surface area (Å²) in [5.74, 6) is -0.583. The molecule has 0 aliphatic rings. The third-order valence-electron chi connectivity index (χ3n) is 6.55. The van der Waals surface area contributed by atoms with Crippen molar-refractivity contribution in [1.29, 1.82) is 0 Å². The van der Waals surface area contributed by atoms with Crippen LogP contribution in [0.1, 0.15) is 57.2 Å². The number of ether oxygens (including phenoxy) is 1. The summed E-state index contributed by atoms with van der Waals surface area (Å²) in [7, 11) is 0. The molecule has 1 unspecified atom stereocenters. The Morgan fingerprint density at radius 1 is 1.03 bits per heavy atom. The van der Waals surface area contributed by atoms with Gasteiger partial charge in [-0.05, 0) is 57.1 Å². The van der Waals surface area contributed by atoms with Gasteiger partial charge in [0.1, 0.15) is 17.6 Å². The SMILES string of the molecule is CCCCNC(=O)C(Cc1ccccc1)N(Cc1ccccc1F)C(=O)COc1ccc(C(C)(C)C)cc1Br. The lowest BCUT2D eigenvalue weighted by atomic mass is 9.87. The predicted molar refractivity (Wildman–Crippen MR) is 157 cm³/mol. The number of benzene rings is 3. The van der Waals surface area contributed by atoms with Crippen LogP contribution in [0, 0.1) is 5.82 Å². The number of hydrogen-bond donors (Lipinski definition) is 1. The highest BCUT2D eigenvalue weighted by molar-refractivity contribution is 9.10. The molecule has 0 radical (unpaired) electrons. The highest BCUT2D eigenvalue weighted by Gasteiger charge is 2.31. The van der Waals surface area contributed by atoms with Gasteiger partial charge in [-0.3, -0.25) is 9.59 Å². The van der Waals surface area contributed by atoms with Crippen molar-refractivity contribution in [3.8, 4) is 5.75 Å². The first-order chi connectivity index (χ1) is 18.6. The molecule has 0 saturated heterocycles. The van der Waals surface area contributed by atoms with Gasteiger partial charge in [0, 0.05) is 25.1 Å². The molecule has 0 heterocycles. The summed E-state index contributed by atoms with van der Waals surface area (Å²) in [6.45, 7) is 8.57. The van der Waals surface area contributed by atoms with Gasteiger partial charge in [0.25, 0.3) is 5.91 Å². The Morgan fingerprint density at radius 3 is 2.36 bits per heavy atom. The number of unbranched alkanes of at least 4 members (excludes halogenated alkanes) is 1. The monoisotopic (exact) mass is 596 g/mol. The molecule has 0 aliphatic carbocycles. The van der Waals surface area contributed by atoms with E-state index in [1.54, 1.807) is 18.2 Å². The smallest absolute Gasteiger partial charge is 0.261 e. The second kappa shape index (κ2) is 14.3. The molecule has 0 aliphatic heterocycles. The average Bonchev–Trinajstić information content (AvgIpc) is 2.91. The van der Waals surface area contributed by atoms with Crippen LogP contribution in [-0.2, 0) is 28.0 Å². The quantitative estimate of drug-likeness (QED) is 0.233. The predicted octanol–water partition coefficient (Wildman–Crippen LogP) is 6.82. The topological polar surface area (TPSA) is 58.6 Å². The van der Waals surface area contributed by atoms with E-state index in [0.29, 0.717) is 24.3 Å². The number of hydrogen-bond acceptors (Lipinski definition) is 3. The maximum atomic E-state index is 14.7. The molecule has 208 valence electrons. The number of halogens is 2. The van der Waals surface area contributed by atoms with Gasteiger partial charge in [0.15, 0.2) is 6.61 Å². The number of nitrogens with one attached hydrogen (secondary N) is 1. The normalized spacial score (nSPS) is 12.1. The van der Waals surface area contributed by atoms with E-state index >= 15 is 0 Å². The molecule has 7 heteroatoms. The molecule has 2 amide bonds. The molecule has 3 rings (SSSR count). The Labute approximate surface area is 239 Å². The molecule has 0 fully saturated rings. The lowest BCUT2D eigenvalue weighted by Gasteiger charge is -2.31. The number of nitrogens with zero attached hydrogens (tertiary/aromatic N) is 1. The molecule has 5 nitrogen and oxygen atoms in total. The van der Waals surface area contributed by atoms with Crippen LogP contribution in [0.25, 0.3) is 0 Å². The molecule has 39 heavy (non-hydrogen) atoms. The number of amides is 2. The fourth-order valence-corrected chi connectivity index (χ4v) is 4.67. The third kappa shape index (κ3) is 8.92. The minimum absolute atomic E-state index is 0.0385. The van der Waals surface area contributed by atoms with Gasteiger partial charge >= 0.3 is 0 Å². The van der Waals surface area contributed by atoms with Crippen LogP contribution < -0.4 is 10.1 Å². The minimum atomic E-state index is -0.841. The summed E-state index contributed by atoms with van der Waals surface area (Å²) in [5.41, 5.74) is 2.33. The zero-order valence-corrected chi connectivity index (χ0v) is 24.8. The number of rotatable bonds is 12. The van der Waals surface area contributed by atoms with Crippen LogP contribution in [0.4, 0.5) is 4.39 Å². The van der Waals surface area contributed by atoms with Gasteiger partial charge < -0.3 is 15.0 Å². The van der Waals surface area contributed by atoms with E-state index in [1.165, 1.54) is 11.0 Å². The molecular weight excluding hydrogens is 559 g/mol. The first-order valence-corrected chi connectivity index (χ1v) is 14.2. The van der Waals surface area contributed by atoms with Crippen molar-refractivity contribution < 1.29 is 18.7 Å². The summed E-state index contributed by atoms with van der Waals surface area (Å²) in [6.07, 6.45) is 2.05. The van der Waals surface area contributed by atoms with Gasteiger partial charge in [-0.2, -0.15) is 0 Å². The Kier molecular flexibility index (Phi) is 11.1. The molecular formula is C32H38BrFN2O3. The lowest BCUT2D eigenvalue weighted by Crippen LogP contribution is -2.52. The molecule has 3 aromatic rings. The fourth-order valence-electron chi connectivity index (χ4n) is 4.18. The summed E-state index contributed by atoms with van der Waals surface area (Å²) in [5, 5.41) is 2.97. The highest BCUT2D eigenvalue weighted by Crippen LogP contribution is 2.31. The maximum absolute atomic E-state index is 14.7. The maximum Gasteiger partial charge on any atom is 0.261 e. The van der Waals surface area contributed by atoms with Crippen LogP contribution >= 0.6 is 15.9 Å².